The van der Waals surface area contributed by atoms with Gasteiger partial charge in [0.15, 0.2) is 0 Å². The van der Waals surface area contributed by atoms with Gasteiger partial charge >= 0.3 is 6.03 Å². The van der Waals surface area contributed by atoms with Gasteiger partial charge in [-0.2, -0.15) is 5.10 Å². The number of hydrogen-bond acceptors (Lipinski definition) is 2. The molecule has 0 aromatic rings. The lowest BCUT2D eigenvalue weighted by molar-refractivity contribution is 0.249. The molecule has 0 aliphatic carbocycles. The number of nitrogens with zero attached hydrogens (tertiary/aromatic N) is 1. The quantitative estimate of drug-likeness (QED) is 0.463. The first-order valence-electron chi connectivity index (χ1n) is 3.41. The molecule has 0 aromatic carbocycles. The minimum Gasteiger partial charge on any atom is -0.350 e. The monoisotopic (exact) mass is 155 g/mol. The lowest BCUT2D eigenvalue weighted by atomic mass is 10.2. The fraction of sp³-hybridized carbons (Fsp3) is 0.429. The number of nitrogens with two attached hydrogens (primary N) is 1. The van der Waals surface area contributed by atoms with E-state index in [2.05, 4.69) is 10.5 Å². The van der Waals surface area contributed by atoms with Crippen LogP contribution in [-0.2, 0) is 0 Å². The Morgan fingerprint density at radius 2 is 2.36 bits per heavy atom. The predicted molar refractivity (Wildman–Crippen MR) is 45.3 cm³/mol. The summed E-state index contributed by atoms with van der Waals surface area (Å²) in [6.07, 6.45) is 4.29. The van der Waals surface area contributed by atoms with E-state index in [0.717, 1.165) is 6.42 Å². The molecule has 0 bridgehead atoms. The summed E-state index contributed by atoms with van der Waals surface area (Å²) in [6.45, 7) is 4.03. The first-order chi connectivity index (χ1) is 5.16. The van der Waals surface area contributed by atoms with Gasteiger partial charge in [0, 0.05) is 6.21 Å². The van der Waals surface area contributed by atoms with Gasteiger partial charge in [-0.3, -0.25) is 0 Å². The van der Waals surface area contributed by atoms with Crippen molar-refractivity contribution in [3.8, 4) is 0 Å². The molecule has 0 saturated heterocycles. The second-order valence-corrected chi connectivity index (χ2v) is 2.12. The molecule has 0 aliphatic heterocycles. The Morgan fingerprint density at radius 1 is 1.73 bits per heavy atom. The Balaban J connectivity index is 3.67. The number of hydrazone groups is 1. The lowest BCUT2D eigenvalue weighted by Gasteiger charge is -1.90. The number of nitrogens with one attached hydrogen (secondary N) is 1. The molecule has 0 atom stereocenters. The third-order valence-electron chi connectivity index (χ3n) is 1.17. The summed E-state index contributed by atoms with van der Waals surface area (Å²) in [5, 5.41) is 3.53. The van der Waals surface area contributed by atoms with Gasteiger partial charge in [-0.05, 0) is 19.4 Å². The summed E-state index contributed by atoms with van der Waals surface area (Å²) >= 11 is 0. The molecule has 2 amide bonds. The van der Waals surface area contributed by atoms with Crippen molar-refractivity contribution in [2.75, 3.05) is 0 Å². The first-order valence-corrected chi connectivity index (χ1v) is 3.41. The number of rotatable bonds is 3. The van der Waals surface area contributed by atoms with Crippen LogP contribution in [0.4, 0.5) is 4.79 Å². The summed E-state index contributed by atoms with van der Waals surface area (Å²) in [5.41, 5.74) is 8.04. The number of urea groups is 1. The molecular weight excluding hydrogens is 142 g/mol. The molecule has 62 valence electrons. The van der Waals surface area contributed by atoms with Gasteiger partial charge < -0.3 is 5.73 Å². The number of hydrogen-bond donors (Lipinski definition) is 2. The van der Waals surface area contributed by atoms with E-state index in [-0.39, 0.29) is 0 Å². The molecule has 0 heterocycles. The Labute approximate surface area is 66.2 Å². The Kier molecular flexibility index (Phi) is 4.81. The van der Waals surface area contributed by atoms with E-state index in [1.807, 2.05) is 19.9 Å². The number of carbonyl (C=O) groups excluding carboxylic acids is 1. The van der Waals surface area contributed by atoms with Crippen LogP contribution in [0.15, 0.2) is 16.8 Å². The van der Waals surface area contributed by atoms with Crippen molar-refractivity contribution in [2.45, 2.75) is 20.3 Å². The fourth-order valence-electron chi connectivity index (χ4n) is 0.383. The number of amides is 2. The van der Waals surface area contributed by atoms with Gasteiger partial charge in [-0.1, -0.05) is 12.5 Å². The van der Waals surface area contributed by atoms with Crippen molar-refractivity contribution in [1.82, 2.24) is 5.43 Å². The van der Waals surface area contributed by atoms with Gasteiger partial charge in [-0.15, -0.1) is 0 Å². The Morgan fingerprint density at radius 3 is 2.82 bits per heavy atom. The average Bonchev–Trinajstić information content (AvgIpc) is 1.97. The topological polar surface area (TPSA) is 67.5 Å². The van der Waals surface area contributed by atoms with Gasteiger partial charge in [0.05, 0.1) is 0 Å². The fourth-order valence-corrected chi connectivity index (χ4v) is 0.383. The molecule has 4 nitrogen and oxygen atoms in total. The molecule has 0 saturated carbocycles. The van der Waals surface area contributed by atoms with Crippen LogP contribution in [0.2, 0.25) is 0 Å². The van der Waals surface area contributed by atoms with Crippen LogP contribution in [-0.4, -0.2) is 12.2 Å². The molecule has 3 N–H and O–H groups in total. The van der Waals surface area contributed by atoms with Crippen molar-refractivity contribution in [3.05, 3.63) is 11.6 Å². The van der Waals surface area contributed by atoms with E-state index >= 15 is 0 Å². The zero-order valence-electron chi connectivity index (χ0n) is 6.79. The summed E-state index contributed by atoms with van der Waals surface area (Å²) in [5.74, 6) is 0. The van der Waals surface area contributed by atoms with Crippen LogP contribution >= 0.6 is 0 Å². The minimum atomic E-state index is -0.649. The lowest BCUT2D eigenvalue weighted by Crippen LogP contribution is -2.24. The average molecular weight is 155 g/mol. The summed E-state index contributed by atoms with van der Waals surface area (Å²) in [7, 11) is 0. The molecule has 0 rings (SSSR count). The third kappa shape index (κ3) is 6.57. The van der Waals surface area contributed by atoms with E-state index in [0.29, 0.717) is 0 Å². The normalized spacial score (nSPS) is 12.0. The van der Waals surface area contributed by atoms with Crippen LogP contribution in [0, 0.1) is 0 Å². The third-order valence-corrected chi connectivity index (χ3v) is 1.17. The highest BCUT2D eigenvalue weighted by molar-refractivity contribution is 5.76. The summed E-state index contributed by atoms with van der Waals surface area (Å²) in [6, 6.07) is -0.649. The molecular formula is C7H13N3O. The molecule has 4 heteroatoms. The van der Waals surface area contributed by atoms with Crippen LogP contribution in [0.5, 0.6) is 0 Å². The highest BCUT2D eigenvalue weighted by Crippen LogP contribution is 1.94. The highest BCUT2D eigenvalue weighted by atomic mass is 16.2. The maximum absolute atomic E-state index is 10.1. The van der Waals surface area contributed by atoms with Gasteiger partial charge in [0.25, 0.3) is 0 Å². The van der Waals surface area contributed by atoms with E-state index in [4.69, 9.17) is 5.73 Å². The molecule has 0 fully saturated rings. The maximum Gasteiger partial charge on any atom is 0.332 e. The molecule has 0 spiro atoms. The second-order valence-electron chi connectivity index (χ2n) is 2.12. The van der Waals surface area contributed by atoms with Crippen LogP contribution in [0.25, 0.3) is 0 Å². The first kappa shape index (κ1) is 9.68. The Bertz CT molecular complexity index is 184. The summed E-state index contributed by atoms with van der Waals surface area (Å²) < 4.78 is 0. The van der Waals surface area contributed by atoms with Crippen molar-refractivity contribution in [1.29, 1.82) is 0 Å². The number of allylic oxidation sites excluding steroid dienone is 2. The largest absolute Gasteiger partial charge is 0.350 e. The summed E-state index contributed by atoms with van der Waals surface area (Å²) in [4.78, 5) is 10.1. The van der Waals surface area contributed by atoms with E-state index in [9.17, 15) is 4.79 Å². The van der Waals surface area contributed by atoms with Crippen molar-refractivity contribution < 1.29 is 4.79 Å². The predicted octanol–water partition coefficient (Wildman–Crippen LogP) is 0.997. The van der Waals surface area contributed by atoms with Crippen molar-refractivity contribution in [2.24, 2.45) is 10.8 Å². The zero-order valence-corrected chi connectivity index (χ0v) is 6.79. The molecule has 0 radical (unpaired) electrons. The van der Waals surface area contributed by atoms with Crippen molar-refractivity contribution in [3.63, 3.8) is 0 Å². The maximum atomic E-state index is 10.1. The van der Waals surface area contributed by atoms with E-state index in [1.165, 1.54) is 11.8 Å². The SMILES string of the molecule is CCC(C)=CC=NNC(N)=O. The van der Waals surface area contributed by atoms with E-state index in [1.54, 1.807) is 0 Å². The van der Waals surface area contributed by atoms with Crippen molar-refractivity contribution >= 4 is 12.2 Å². The van der Waals surface area contributed by atoms with Gasteiger partial charge in [0.1, 0.15) is 0 Å². The standard InChI is InChI=1S/C7H13N3O/c1-3-6(2)4-5-9-10-7(8)11/h4-5H,3H2,1-2H3,(H3,8,10,11). The van der Waals surface area contributed by atoms with Crippen LogP contribution < -0.4 is 11.2 Å². The molecule has 0 unspecified atom stereocenters. The number of primary amides is 1. The van der Waals surface area contributed by atoms with Gasteiger partial charge in [0.2, 0.25) is 0 Å². The molecule has 11 heavy (non-hydrogen) atoms. The van der Waals surface area contributed by atoms with Crippen LogP contribution in [0.3, 0.4) is 0 Å². The minimum absolute atomic E-state index is 0.649. The van der Waals surface area contributed by atoms with Gasteiger partial charge in [-0.25, -0.2) is 10.2 Å². The molecule has 0 aliphatic rings. The Hall–Kier alpha value is -1.32. The zero-order chi connectivity index (χ0) is 8.69. The second kappa shape index (κ2) is 5.46. The van der Waals surface area contributed by atoms with E-state index < -0.39 is 6.03 Å². The number of carbonyl (C=O) groups is 1. The molecule has 0 aromatic heterocycles. The van der Waals surface area contributed by atoms with Crippen LogP contribution in [0.1, 0.15) is 20.3 Å². The highest BCUT2D eigenvalue weighted by Gasteiger charge is 1.82. The smallest absolute Gasteiger partial charge is 0.332 e.